The van der Waals surface area contributed by atoms with E-state index in [9.17, 15) is 14.9 Å². The number of likely N-dealkylation sites (tertiary alicyclic amines) is 1. The number of piperidine rings is 1. The smallest absolute Gasteiger partial charge is 0.410 e. The van der Waals surface area contributed by atoms with Gasteiger partial charge in [0.2, 0.25) is 0 Å². The maximum Gasteiger partial charge on any atom is 0.410 e. The molecule has 0 spiro atoms. The maximum atomic E-state index is 12.2. The Morgan fingerprint density at radius 3 is 2.31 bits per heavy atom. The van der Waals surface area contributed by atoms with Gasteiger partial charge in [0.05, 0.1) is 4.92 Å². The topological polar surface area (TPSA) is 81.9 Å². The number of ether oxygens (including phenoxy) is 2. The van der Waals surface area contributed by atoms with Crippen LogP contribution in [0.15, 0.2) is 12.1 Å². The number of nitrogens with zero attached hydrogens (tertiary/aromatic N) is 2. The summed E-state index contributed by atoms with van der Waals surface area (Å²) in [6.07, 6.45) is 1.10. The summed E-state index contributed by atoms with van der Waals surface area (Å²) >= 11 is 0. The predicted octanol–water partition coefficient (Wildman–Crippen LogP) is 5.10. The molecule has 1 aliphatic heterocycles. The lowest BCUT2D eigenvalue weighted by Gasteiger charge is -2.33. The Morgan fingerprint density at radius 1 is 1.24 bits per heavy atom. The molecule has 1 aromatic rings. The molecule has 0 aliphatic carbocycles. The van der Waals surface area contributed by atoms with Crippen molar-refractivity contribution in [3.63, 3.8) is 0 Å². The fourth-order valence-electron chi connectivity index (χ4n) is 3.39. The number of benzene rings is 1. The Kier molecular flexibility index (Phi) is 6.98. The van der Waals surface area contributed by atoms with E-state index in [1.54, 1.807) is 11.0 Å². The van der Waals surface area contributed by atoms with Crippen molar-refractivity contribution in [2.75, 3.05) is 13.1 Å². The van der Waals surface area contributed by atoms with E-state index < -0.39 is 13.7 Å². The molecule has 29 heavy (non-hydrogen) atoms. The van der Waals surface area contributed by atoms with Gasteiger partial charge in [0.15, 0.2) is 0 Å². The fraction of sp³-hybridized carbons (Fsp3) is 0.667. The molecule has 162 valence electrons. The number of amides is 1. The Morgan fingerprint density at radius 2 is 1.83 bits per heavy atom. The number of carbonyl (C=O) groups is 1. The third-order valence-corrected chi connectivity index (χ3v) is 6.12. The lowest BCUT2D eigenvalue weighted by molar-refractivity contribution is -0.385. The summed E-state index contributed by atoms with van der Waals surface area (Å²) in [6.45, 7) is 15.2. The minimum Gasteiger partial charge on any atom is -0.490 e. The molecule has 0 aromatic heterocycles. The largest absolute Gasteiger partial charge is 0.490 e. The van der Waals surface area contributed by atoms with Crippen LogP contribution in [-0.2, 0) is 10.8 Å². The number of rotatable bonds is 5. The first kappa shape index (κ1) is 23.2. The van der Waals surface area contributed by atoms with Crippen molar-refractivity contribution >= 4 is 19.9 Å². The van der Waals surface area contributed by atoms with E-state index in [-0.39, 0.29) is 22.8 Å². The molecule has 0 atom stereocenters. The van der Waals surface area contributed by atoms with E-state index >= 15 is 0 Å². The molecule has 0 N–H and O–H groups in total. The molecule has 0 radical (unpaired) electrons. The van der Waals surface area contributed by atoms with E-state index in [2.05, 4.69) is 19.6 Å². The van der Waals surface area contributed by atoms with Gasteiger partial charge in [-0.05, 0) is 45.4 Å². The average Bonchev–Trinajstić information content (AvgIpc) is 2.55. The van der Waals surface area contributed by atoms with Crippen molar-refractivity contribution in [1.29, 1.82) is 0 Å². The van der Waals surface area contributed by atoms with E-state index in [0.29, 0.717) is 31.7 Å². The third-order valence-electron chi connectivity index (χ3n) is 4.68. The predicted molar refractivity (Wildman–Crippen MR) is 116 cm³/mol. The fourth-order valence-corrected chi connectivity index (χ4v) is 4.81. The summed E-state index contributed by atoms with van der Waals surface area (Å²) in [4.78, 5) is 25.1. The first-order valence-electron chi connectivity index (χ1n) is 10.2. The van der Waals surface area contributed by atoms with Crippen LogP contribution in [-0.4, -0.2) is 48.8 Å². The molecule has 7 nitrogen and oxygen atoms in total. The van der Waals surface area contributed by atoms with Gasteiger partial charge < -0.3 is 14.4 Å². The highest BCUT2D eigenvalue weighted by molar-refractivity contribution is 6.75. The van der Waals surface area contributed by atoms with Crippen LogP contribution < -0.4 is 4.74 Å². The Labute approximate surface area is 174 Å². The summed E-state index contributed by atoms with van der Waals surface area (Å²) < 4.78 is 11.7. The van der Waals surface area contributed by atoms with Crippen molar-refractivity contribution in [1.82, 2.24) is 4.90 Å². The molecule has 1 aliphatic rings. The lowest BCUT2D eigenvalue weighted by Crippen LogP contribution is -2.44. The Balaban J connectivity index is 2.08. The SMILES string of the molecule is Cc1cc([N+](=O)[O-])c(C[Si](C)(C)C)cc1OC1CCN(C(=O)OC(C)(C)C)CC1. The highest BCUT2D eigenvalue weighted by Gasteiger charge is 2.29. The van der Waals surface area contributed by atoms with Gasteiger partial charge in [0.25, 0.3) is 5.69 Å². The zero-order valence-corrected chi connectivity index (χ0v) is 19.7. The zero-order valence-electron chi connectivity index (χ0n) is 18.7. The van der Waals surface area contributed by atoms with Gasteiger partial charge in [-0.1, -0.05) is 19.6 Å². The van der Waals surface area contributed by atoms with Crippen molar-refractivity contribution in [3.8, 4) is 5.75 Å². The number of nitro groups is 1. The molecule has 0 unspecified atom stereocenters. The van der Waals surface area contributed by atoms with Gasteiger partial charge in [0, 0.05) is 45.6 Å². The number of aryl methyl sites for hydroxylation is 1. The highest BCUT2D eigenvalue weighted by Crippen LogP contribution is 2.32. The average molecular weight is 423 g/mol. The van der Waals surface area contributed by atoms with Crippen molar-refractivity contribution in [2.24, 2.45) is 0 Å². The van der Waals surface area contributed by atoms with Crippen LogP contribution in [0.2, 0.25) is 19.6 Å². The normalized spacial score (nSPS) is 15.9. The van der Waals surface area contributed by atoms with Crippen LogP contribution in [0.25, 0.3) is 0 Å². The second kappa shape index (κ2) is 8.73. The molecule has 8 heteroatoms. The summed E-state index contributed by atoms with van der Waals surface area (Å²) in [6, 6.07) is 4.21. The van der Waals surface area contributed by atoms with Gasteiger partial charge in [-0.3, -0.25) is 10.1 Å². The van der Waals surface area contributed by atoms with Crippen LogP contribution in [0, 0.1) is 17.0 Å². The molecular formula is C21H34N2O5Si. The maximum absolute atomic E-state index is 12.2. The quantitative estimate of drug-likeness (QED) is 0.374. The van der Waals surface area contributed by atoms with Gasteiger partial charge >= 0.3 is 6.09 Å². The number of hydrogen-bond donors (Lipinski definition) is 0. The first-order chi connectivity index (χ1) is 13.2. The minimum atomic E-state index is -1.53. The van der Waals surface area contributed by atoms with Gasteiger partial charge in [-0.2, -0.15) is 0 Å². The second-order valence-corrected chi connectivity index (χ2v) is 15.5. The number of carbonyl (C=O) groups excluding carboxylic acids is 1. The van der Waals surface area contributed by atoms with E-state index in [4.69, 9.17) is 9.47 Å². The summed E-state index contributed by atoms with van der Waals surface area (Å²) in [5.41, 5.74) is 1.19. The van der Waals surface area contributed by atoms with Gasteiger partial charge in [-0.15, -0.1) is 0 Å². The van der Waals surface area contributed by atoms with E-state index in [0.717, 1.165) is 17.2 Å². The van der Waals surface area contributed by atoms with E-state index in [1.807, 2.05) is 33.8 Å². The summed E-state index contributed by atoms with van der Waals surface area (Å²) in [5.74, 6) is 0.708. The Hall–Kier alpha value is -2.09. The molecule has 2 rings (SSSR count). The van der Waals surface area contributed by atoms with E-state index in [1.165, 1.54) is 0 Å². The summed E-state index contributed by atoms with van der Waals surface area (Å²) in [5, 5.41) is 11.5. The van der Waals surface area contributed by atoms with Crippen LogP contribution in [0.4, 0.5) is 10.5 Å². The standard InChI is InChI=1S/C21H34N2O5Si/c1-15-12-18(23(25)26)16(14-29(5,6)7)13-19(15)27-17-8-10-22(11-9-17)20(24)28-21(2,3)4/h12-13,17H,8-11,14H2,1-7H3. The van der Waals surface area contributed by atoms with Crippen molar-refractivity contribution < 1.29 is 19.2 Å². The number of nitro benzene ring substituents is 1. The molecule has 1 saturated heterocycles. The van der Waals surface area contributed by atoms with Gasteiger partial charge in [0.1, 0.15) is 17.5 Å². The Bertz CT molecular complexity index is 760. The molecule has 1 fully saturated rings. The molecular weight excluding hydrogens is 388 g/mol. The minimum absolute atomic E-state index is 0.0198. The van der Waals surface area contributed by atoms with Crippen LogP contribution in [0.3, 0.4) is 0 Å². The lowest BCUT2D eigenvalue weighted by atomic mass is 10.1. The highest BCUT2D eigenvalue weighted by atomic mass is 28.3. The first-order valence-corrected chi connectivity index (χ1v) is 13.9. The molecule has 1 amide bonds. The van der Waals surface area contributed by atoms with Crippen LogP contribution >= 0.6 is 0 Å². The molecule has 1 aromatic carbocycles. The van der Waals surface area contributed by atoms with Crippen molar-refractivity contribution in [2.45, 2.75) is 77.9 Å². The third kappa shape index (κ3) is 7.03. The van der Waals surface area contributed by atoms with Gasteiger partial charge in [-0.25, -0.2) is 4.79 Å². The zero-order chi connectivity index (χ0) is 22.0. The van der Waals surface area contributed by atoms with Crippen molar-refractivity contribution in [3.05, 3.63) is 33.4 Å². The number of hydrogen-bond acceptors (Lipinski definition) is 5. The monoisotopic (exact) mass is 422 g/mol. The summed E-state index contributed by atoms with van der Waals surface area (Å²) in [7, 11) is -1.53. The molecule has 0 saturated carbocycles. The van der Waals surface area contributed by atoms with Crippen LogP contribution in [0.1, 0.15) is 44.7 Å². The molecule has 0 bridgehead atoms. The van der Waals surface area contributed by atoms with Crippen LogP contribution in [0.5, 0.6) is 5.75 Å². The molecule has 1 heterocycles. The second-order valence-electron chi connectivity index (χ2n) is 10.0.